The molecular formula is C18H26N4O3. The molecule has 7 nitrogen and oxygen atoms in total. The van der Waals surface area contributed by atoms with E-state index in [0.717, 1.165) is 45.6 Å². The SMILES string of the molecule is O=C(NCCN1CCNCC1)c1cccc(NC(=O)C2CCCO2)c1. The van der Waals surface area contributed by atoms with Crippen molar-refractivity contribution in [1.29, 1.82) is 0 Å². The van der Waals surface area contributed by atoms with E-state index in [1.165, 1.54) is 0 Å². The first-order chi connectivity index (χ1) is 12.2. The van der Waals surface area contributed by atoms with Gasteiger partial charge >= 0.3 is 0 Å². The van der Waals surface area contributed by atoms with Crippen molar-refractivity contribution in [3.63, 3.8) is 0 Å². The highest BCUT2D eigenvalue weighted by Gasteiger charge is 2.23. The summed E-state index contributed by atoms with van der Waals surface area (Å²) in [7, 11) is 0. The topological polar surface area (TPSA) is 82.7 Å². The fourth-order valence-corrected chi connectivity index (χ4v) is 3.11. The van der Waals surface area contributed by atoms with Gasteiger partial charge in [-0.15, -0.1) is 0 Å². The Balaban J connectivity index is 1.47. The van der Waals surface area contributed by atoms with Gasteiger partial charge in [-0.2, -0.15) is 0 Å². The molecule has 2 saturated heterocycles. The third kappa shape index (κ3) is 5.26. The van der Waals surface area contributed by atoms with Crippen LogP contribution in [0.5, 0.6) is 0 Å². The number of rotatable bonds is 6. The number of hydrogen-bond donors (Lipinski definition) is 3. The summed E-state index contributed by atoms with van der Waals surface area (Å²) in [5.41, 5.74) is 1.17. The summed E-state index contributed by atoms with van der Waals surface area (Å²) in [5.74, 6) is -0.267. The predicted molar refractivity (Wildman–Crippen MR) is 95.7 cm³/mol. The van der Waals surface area contributed by atoms with Crippen LogP contribution in [0.25, 0.3) is 0 Å². The standard InChI is InChI=1S/C18H26N4O3/c23-17(20-8-11-22-9-6-19-7-10-22)14-3-1-4-15(13-14)21-18(24)16-5-2-12-25-16/h1,3-4,13,16,19H,2,5-12H2,(H,20,23)(H,21,24). The lowest BCUT2D eigenvalue weighted by molar-refractivity contribution is -0.124. The van der Waals surface area contributed by atoms with Crippen LogP contribution in [-0.4, -0.2) is 68.7 Å². The van der Waals surface area contributed by atoms with Gasteiger partial charge in [0.05, 0.1) is 0 Å². The molecule has 2 aliphatic rings. The number of ether oxygens (including phenoxy) is 1. The molecule has 0 bridgehead atoms. The molecule has 136 valence electrons. The van der Waals surface area contributed by atoms with Gasteiger partial charge in [0.25, 0.3) is 11.8 Å². The number of nitrogens with zero attached hydrogens (tertiary/aromatic N) is 1. The highest BCUT2D eigenvalue weighted by Crippen LogP contribution is 2.16. The quantitative estimate of drug-likeness (QED) is 0.696. The Morgan fingerprint density at radius 3 is 2.88 bits per heavy atom. The summed E-state index contributed by atoms with van der Waals surface area (Å²) < 4.78 is 5.37. The van der Waals surface area contributed by atoms with Gasteiger partial charge in [-0.25, -0.2) is 0 Å². The van der Waals surface area contributed by atoms with E-state index in [1.807, 2.05) is 0 Å². The molecule has 1 aromatic carbocycles. The van der Waals surface area contributed by atoms with Gasteiger partial charge in [-0.1, -0.05) is 6.07 Å². The monoisotopic (exact) mass is 346 g/mol. The average Bonchev–Trinajstić information content (AvgIpc) is 3.18. The Bertz CT molecular complexity index is 596. The van der Waals surface area contributed by atoms with Gasteiger partial charge in [0, 0.05) is 57.1 Å². The van der Waals surface area contributed by atoms with E-state index in [4.69, 9.17) is 4.74 Å². The average molecular weight is 346 g/mol. The maximum Gasteiger partial charge on any atom is 0.253 e. The van der Waals surface area contributed by atoms with Crippen LogP contribution in [0, 0.1) is 0 Å². The fraction of sp³-hybridized carbons (Fsp3) is 0.556. The molecule has 2 aliphatic heterocycles. The third-order valence-electron chi connectivity index (χ3n) is 4.54. The van der Waals surface area contributed by atoms with Crippen molar-refractivity contribution < 1.29 is 14.3 Å². The molecule has 1 unspecified atom stereocenters. The Kier molecular flexibility index (Phi) is 6.38. The van der Waals surface area contributed by atoms with E-state index in [0.29, 0.717) is 24.4 Å². The third-order valence-corrected chi connectivity index (χ3v) is 4.54. The minimum absolute atomic E-state index is 0.122. The number of carbonyl (C=O) groups is 2. The van der Waals surface area contributed by atoms with Crippen LogP contribution in [0.4, 0.5) is 5.69 Å². The molecule has 1 atom stereocenters. The molecule has 2 heterocycles. The van der Waals surface area contributed by atoms with Gasteiger partial charge in [0.15, 0.2) is 0 Å². The lowest BCUT2D eigenvalue weighted by Crippen LogP contribution is -2.46. The fourth-order valence-electron chi connectivity index (χ4n) is 3.11. The van der Waals surface area contributed by atoms with Gasteiger partial charge < -0.3 is 20.7 Å². The highest BCUT2D eigenvalue weighted by atomic mass is 16.5. The Morgan fingerprint density at radius 2 is 2.12 bits per heavy atom. The first-order valence-electron chi connectivity index (χ1n) is 8.96. The smallest absolute Gasteiger partial charge is 0.253 e. The molecule has 0 radical (unpaired) electrons. The molecular weight excluding hydrogens is 320 g/mol. The zero-order chi connectivity index (χ0) is 17.5. The van der Waals surface area contributed by atoms with Crippen molar-refractivity contribution in [2.75, 3.05) is 51.2 Å². The molecule has 7 heteroatoms. The van der Waals surface area contributed by atoms with Gasteiger partial charge in [-0.05, 0) is 31.0 Å². The van der Waals surface area contributed by atoms with Crippen LogP contribution in [0.2, 0.25) is 0 Å². The first kappa shape index (κ1) is 17.8. The van der Waals surface area contributed by atoms with Crippen LogP contribution in [0.3, 0.4) is 0 Å². The molecule has 0 aliphatic carbocycles. The van der Waals surface area contributed by atoms with E-state index in [-0.39, 0.29) is 17.9 Å². The van der Waals surface area contributed by atoms with E-state index in [9.17, 15) is 9.59 Å². The number of carbonyl (C=O) groups excluding carboxylic acids is 2. The minimum Gasteiger partial charge on any atom is -0.368 e. The van der Waals surface area contributed by atoms with E-state index >= 15 is 0 Å². The van der Waals surface area contributed by atoms with Crippen molar-refractivity contribution >= 4 is 17.5 Å². The van der Waals surface area contributed by atoms with Gasteiger partial charge in [0.1, 0.15) is 6.10 Å². The predicted octanol–water partition coefficient (Wildman–Crippen LogP) is 0.439. The summed E-state index contributed by atoms with van der Waals surface area (Å²) in [6.45, 7) is 6.13. The summed E-state index contributed by atoms with van der Waals surface area (Å²) in [6, 6.07) is 7.01. The molecule has 0 spiro atoms. The van der Waals surface area contributed by atoms with Crippen LogP contribution in [0.15, 0.2) is 24.3 Å². The molecule has 25 heavy (non-hydrogen) atoms. The summed E-state index contributed by atoms with van der Waals surface area (Å²) in [5, 5.41) is 9.08. The van der Waals surface area contributed by atoms with Crippen molar-refractivity contribution in [1.82, 2.24) is 15.5 Å². The van der Waals surface area contributed by atoms with E-state index < -0.39 is 0 Å². The second-order valence-electron chi connectivity index (χ2n) is 6.42. The maximum absolute atomic E-state index is 12.3. The van der Waals surface area contributed by atoms with Crippen LogP contribution < -0.4 is 16.0 Å². The largest absolute Gasteiger partial charge is 0.368 e. The van der Waals surface area contributed by atoms with Crippen LogP contribution in [0.1, 0.15) is 23.2 Å². The number of amides is 2. The molecule has 2 amide bonds. The number of piperazine rings is 1. The second kappa shape index (κ2) is 8.94. The number of hydrogen-bond acceptors (Lipinski definition) is 5. The number of anilines is 1. The van der Waals surface area contributed by atoms with E-state index in [1.54, 1.807) is 24.3 Å². The molecule has 0 saturated carbocycles. The van der Waals surface area contributed by atoms with Crippen LogP contribution >= 0.6 is 0 Å². The summed E-state index contributed by atoms with van der Waals surface area (Å²) >= 11 is 0. The van der Waals surface area contributed by atoms with Crippen molar-refractivity contribution in [2.45, 2.75) is 18.9 Å². The lowest BCUT2D eigenvalue weighted by Gasteiger charge is -2.27. The normalized spacial score (nSPS) is 21.0. The first-order valence-corrected chi connectivity index (χ1v) is 8.96. The highest BCUT2D eigenvalue weighted by molar-refractivity contribution is 5.98. The zero-order valence-corrected chi connectivity index (χ0v) is 14.4. The Labute approximate surface area is 148 Å². The molecule has 2 fully saturated rings. The molecule has 0 aromatic heterocycles. The van der Waals surface area contributed by atoms with Crippen molar-refractivity contribution in [3.8, 4) is 0 Å². The number of nitrogens with one attached hydrogen (secondary N) is 3. The minimum atomic E-state index is -0.378. The van der Waals surface area contributed by atoms with Gasteiger partial charge in [-0.3, -0.25) is 14.5 Å². The Morgan fingerprint density at radius 1 is 1.28 bits per heavy atom. The maximum atomic E-state index is 12.3. The molecule has 3 rings (SSSR count). The lowest BCUT2D eigenvalue weighted by atomic mass is 10.1. The van der Waals surface area contributed by atoms with Crippen LogP contribution in [-0.2, 0) is 9.53 Å². The summed E-state index contributed by atoms with van der Waals surface area (Å²) in [4.78, 5) is 26.7. The van der Waals surface area contributed by atoms with Gasteiger partial charge in [0.2, 0.25) is 0 Å². The second-order valence-corrected chi connectivity index (χ2v) is 6.42. The number of benzene rings is 1. The molecule has 3 N–H and O–H groups in total. The summed E-state index contributed by atoms with van der Waals surface area (Å²) in [6.07, 6.45) is 1.28. The van der Waals surface area contributed by atoms with E-state index in [2.05, 4.69) is 20.9 Å². The van der Waals surface area contributed by atoms with Crippen molar-refractivity contribution in [3.05, 3.63) is 29.8 Å². The van der Waals surface area contributed by atoms with Crippen molar-refractivity contribution in [2.24, 2.45) is 0 Å². The Hall–Kier alpha value is -1.96. The molecule has 1 aromatic rings. The zero-order valence-electron chi connectivity index (χ0n) is 14.4.